The Hall–Kier alpha value is -2.38. The van der Waals surface area contributed by atoms with Crippen molar-refractivity contribution in [3.05, 3.63) is 71.5 Å². The van der Waals surface area contributed by atoms with Gasteiger partial charge in [-0.15, -0.1) is 0 Å². The predicted molar refractivity (Wildman–Crippen MR) is 99.9 cm³/mol. The molecule has 8 heteroatoms. The molecule has 1 aromatic carbocycles. The molecule has 1 atom stereocenters. The van der Waals surface area contributed by atoms with Crippen molar-refractivity contribution in [1.82, 2.24) is 14.5 Å². The van der Waals surface area contributed by atoms with Gasteiger partial charge in [0.15, 0.2) is 0 Å². The number of pyridine rings is 1. The number of para-hydroxylation sites is 1. The van der Waals surface area contributed by atoms with E-state index >= 15 is 0 Å². The number of hydrogen-bond acceptors (Lipinski definition) is 4. The summed E-state index contributed by atoms with van der Waals surface area (Å²) >= 11 is 5.96. The number of nitrogens with zero attached hydrogens (tertiary/aromatic N) is 4. The summed E-state index contributed by atoms with van der Waals surface area (Å²) < 4.78 is 30.1. The van der Waals surface area contributed by atoms with Crippen molar-refractivity contribution in [2.24, 2.45) is 0 Å². The minimum Gasteiger partial charge on any atom is -0.332 e. The van der Waals surface area contributed by atoms with Crippen LogP contribution in [0.25, 0.3) is 0 Å². The molecule has 0 saturated carbocycles. The van der Waals surface area contributed by atoms with Crippen LogP contribution < -0.4 is 4.31 Å². The average Bonchev–Trinajstić information content (AvgIpc) is 3.17. The minimum absolute atomic E-state index is 0.0245. The Balaban J connectivity index is 1.81. The third kappa shape index (κ3) is 2.87. The number of sulfonamides is 1. The van der Waals surface area contributed by atoms with Crippen LogP contribution in [0, 0.1) is 6.92 Å². The third-order valence-electron chi connectivity index (χ3n) is 4.62. The highest BCUT2D eigenvalue weighted by Crippen LogP contribution is 2.35. The number of hydrogen-bond donors (Lipinski definition) is 0. The smallest absolute Gasteiger partial charge is 0.265 e. The molecular formula is C18H17ClN4O2S. The lowest BCUT2D eigenvalue weighted by Crippen LogP contribution is -2.40. The monoisotopic (exact) mass is 388 g/mol. The Bertz CT molecular complexity index is 1050. The predicted octanol–water partition coefficient (Wildman–Crippen LogP) is 3.23. The summed E-state index contributed by atoms with van der Waals surface area (Å²) in [6.45, 7) is 2.07. The van der Waals surface area contributed by atoms with E-state index in [9.17, 15) is 8.42 Å². The number of rotatable bonds is 3. The summed E-state index contributed by atoms with van der Waals surface area (Å²) in [5.41, 5.74) is 2.32. The van der Waals surface area contributed by atoms with Crippen molar-refractivity contribution in [3.63, 3.8) is 0 Å². The molecule has 3 heterocycles. The van der Waals surface area contributed by atoms with Gasteiger partial charge in [0.25, 0.3) is 10.0 Å². The number of halogens is 1. The van der Waals surface area contributed by atoms with Gasteiger partial charge < -0.3 is 4.57 Å². The SMILES string of the molecule is Cc1cc(S(=O)(=O)N2CC(n3ccnc3)Cc3ccccc32)cnc1Cl. The number of fused-ring (bicyclic) bond motifs is 1. The van der Waals surface area contributed by atoms with E-state index in [4.69, 9.17) is 11.6 Å². The maximum Gasteiger partial charge on any atom is 0.265 e. The molecule has 26 heavy (non-hydrogen) atoms. The molecule has 2 aromatic heterocycles. The molecule has 0 saturated heterocycles. The van der Waals surface area contributed by atoms with E-state index in [-0.39, 0.29) is 10.9 Å². The van der Waals surface area contributed by atoms with Gasteiger partial charge >= 0.3 is 0 Å². The van der Waals surface area contributed by atoms with E-state index in [1.54, 1.807) is 25.5 Å². The molecule has 134 valence electrons. The van der Waals surface area contributed by atoms with Crippen LogP contribution >= 0.6 is 11.6 Å². The highest BCUT2D eigenvalue weighted by atomic mass is 35.5. The minimum atomic E-state index is -3.76. The Morgan fingerprint density at radius 3 is 2.81 bits per heavy atom. The first kappa shape index (κ1) is 17.1. The van der Waals surface area contributed by atoms with E-state index in [2.05, 4.69) is 9.97 Å². The molecular weight excluding hydrogens is 372 g/mol. The lowest BCUT2D eigenvalue weighted by Gasteiger charge is -2.35. The summed E-state index contributed by atoms with van der Waals surface area (Å²) in [6, 6.07) is 9.12. The Kier molecular flexibility index (Phi) is 4.20. The van der Waals surface area contributed by atoms with E-state index in [0.717, 1.165) is 12.0 Å². The summed E-state index contributed by atoms with van der Waals surface area (Å²) in [5.74, 6) is 0. The lowest BCUT2D eigenvalue weighted by molar-refractivity contribution is 0.487. The van der Waals surface area contributed by atoms with Crippen molar-refractivity contribution < 1.29 is 8.42 Å². The third-order valence-corrected chi connectivity index (χ3v) is 6.76. The zero-order valence-corrected chi connectivity index (χ0v) is 15.7. The maximum absolute atomic E-state index is 13.3. The molecule has 6 nitrogen and oxygen atoms in total. The van der Waals surface area contributed by atoms with Crippen LogP contribution in [0.5, 0.6) is 0 Å². The van der Waals surface area contributed by atoms with Gasteiger partial charge in [-0.25, -0.2) is 18.4 Å². The number of aromatic nitrogens is 3. The quantitative estimate of drug-likeness (QED) is 0.646. The molecule has 0 N–H and O–H groups in total. The van der Waals surface area contributed by atoms with Gasteiger partial charge in [-0.05, 0) is 36.6 Å². The van der Waals surface area contributed by atoms with Gasteiger partial charge in [0.1, 0.15) is 10.0 Å². The molecule has 0 bridgehead atoms. The van der Waals surface area contributed by atoms with Crippen molar-refractivity contribution in [1.29, 1.82) is 0 Å². The Labute approximate surface area is 157 Å². The van der Waals surface area contributed by atoms with Gasteiger partial charge in [-0.2, -0.15) is 0 Å². The van der Waals surface area contributed by atoms with Crippen molar-refractivity contribution in [2.75, 3.05) is 10.8 Å². The zero-order chi connectivity index (χ0) is 18.3. The fraction of sp³-hybridized carbons (Fsp3) is 0.222. The first-order chi connectivity index (χ1) is 12.5. The molecule has 3 aromatic rings. The summed E-state index contributed by atoms with van der Waals surface area (Å²) in [6.07, 6.45) is 7.34. The van der Waals surface area contributed by atoms with Crippen LogP contribution in [-0.4, -0.2) is 29.5 Å². The summed E-state index contributed by atoms with van der Waals surface area (Å²) in [5, 5.41) is 0.305. The molecule has 0 aliphatic carbocycles. The number of imidazole rings is 1. The van der Waals surface area contributed by atoms with Gasteiger partial charge in [0.2, 0.25) is 0 Å². The zero-order valence-electron chi connectivity index (χ0n) is 14.1. The largest absolute Gasteiger partial charge is 0.332 e. The first-order valence-corrected chi connectivity index (χ1v) is 9.99. The van der Waals surface area contributed by atoms with Crippen LogP contribution in [0.2, 0.25) is 5.15 Å². The van der Waals surface area contributed by atoms with Crippen LogP contribution in [0.3, 0.4) is 0 Å². The fourth-order valence-electron chi connectivity index (χ4n) is 3.25. The fourth-order valence-corrected chi connectivity index (χ4v) is 4.92. The standard InChI is InChI=1S/C18H17ClN4O2S/c1-13-8-16(10-21-18(13)19)26(24,25)23-11-15(22-7-6-20-12-22)9-14-4-2-3-5-17(14)23/h2-8,10,12,15H,9,11H2,1H3. The first-order valence-electron chi connectivity index (χ1n) is 8.17. The summed E-state index contributed by atoms with van der Waals surface area (Å²) in [4.78, 5) is 8.24. The van der Waals surface area contributed by atoms with E-state index < -0.39 is 10.0 Å². The van der Waals surface area contributed by atoms with Crippen LogP contribution in [0.15, 0.2) is 60.1 Å². The molecule has 1 aliphatic heterocycles. The highest BCUT2D eigenvalue weighted by Gasteiger charge is 2.34. The molecule has 1 aliphatic rings. The second-order valence-corrected chi connectivity index (χ2v) is 8.53. The van der Waals surface area contributed by atoms with Crippen LogP contribution in [-0.2, 0) is 16.4 Å². The van der Waals surface area contributed by atoms with Crippen molar-refractivity contribution >= 4 is 27.3 Å². The van der Waals surface area contributed by atoms with Crippen molar-refractivity contribution in [2.45, 2.75) is 24.3 Å². The second-order valence-electron chi connectivity index (χ2n) is 6.31. The van der Waals surface area contributed by atoms with Gasteiger partial charge in [0.05, 0.1) is 24.6 Å². The molecule has 0 spiro atoms. The van der Waals surface area contributed by atoms with Gasteiger partial charge in [0, 0.05) is 18.6 Å². The number of aryl methyl sites for hydroxylation is 1. The Morgan fingerprint density at radius 2 is 2.08 bits per heavy atom. The molecule has 4 rings (SSSR count). The number of anilines is 1. The second kappa shape index (κ2) is 6.41. The van der Waals surface area contributed by atoms with E-state index in [1.165, 1.54) is 10.5 Å². The van der Waals surface area contributed by atoms with Crippen LogP contribution in [0.1, 0.15) is 17.2 Å². The lowest BCUT2D eigenvalue weighted by atomic mass is 10.00. The molecule has 0 fully saturated rings. The maximum atomic E-state index is 13.3. The number of benzene rings is 1. The van der Waals surface area contributed by atoms with E-state index in [1.807, 2.05) is 35.0 Å². The summed E-state index contributed by atoms with van der Waals surface area (Å²) in [7, 11) is -3.76. The van der Waals surface area contributed by atoms with Gasteiger partial charge in [-0.1, -0.05) is 29.8 Å². The van der Waals surface area contributed by atoms with Gasteiger partial charge in [-0.3, -0.25) is 4.31 Å². The normalized spacial score (nSPS) is 17.2. The topological polar surface area (TPSA) is 68.1 Å². The van der Waals surface area contributed by atoms with Crippen LogP contribution in [0.4, 0.5) is 5.69 Å². The molecule has 0 amide bonds. The van der Waals surface area contributed by atoms with E-state index in [0.29, 0.717) is 22.9 Å². The Morgan fingerprint density at radius 1 is 1.27 bits per heavy atom. The molecule has 0 radical (unpaired) electrons. The molecule has 1 unspecified atom stereocenters. The highest BCUT2D eigenvalue weighted by molar-refractivity contribution is 7.92. The average molecular weight is 389 g/mol. The van der Waals surface area contributed by atoms with Crippen molar-refractivity contribution in [3.8, 4) is 0 Å².